The van der Waals surface area contributed by atoms with Gasteiger partial charge in [0.05, 0.1) is 6.04 Å². The van der Waals surface area contributed by atoms with Crippen molar-refractivity contribution in [2.24, 2.45) is 0 Å². The van der Waals surface area contributed by atoms with Gasteiger partial charge in [-0.05, 0) is 59.9 Å². The van der Waals surface area contributed by atoms with Gasteiger partial charge in [0.25, 0.3) is 0 Å². The second-order valence-corrected chi connectivity index (χ2v) is 9.76. The highest BCUT2D eigenvalue weighted by Crippen LogP contribution is 2.54. The van der Waals surface area contributed by atoms with E-state index in [0.717, 1.165) is 0 Å². The molecule has 3 aromatic carbocycles. The van der Waals surface area contributed by atoms with E-state index in [1.165, 1.54) is 44.8 Å². The largest absolute Gasteiger partial charge is 0.333 e. The molecule has 1 heteroatoms. The summed E-state index contributed by atoms with van der Waals surface area (Å²) in [6, 6.07) is 23.2. The number of para-hydroxylation sites is 1. The first kappa shape index (κ1) is 17.8. The Morgan fingerprint density at radius 3 is 2.33 bits per heavy atom. The van der Waals surface area contributed by atoms with E-state index in [2.05, 4.69) is 118 Å². The van der Waals surface area contributed by atoms with E-state index >= 15 is 0 Å². The molecular formula is C29H27N. The van der Waals surface area contributed by atoms with Crippen molar-refractivity contribution in [3.8, 4) is 11.1 Å². The molecule has 0 N–H and O–H groups in total. The van der Waals surface area contributed by atoms with Crippen molar-refractivity contribution in [1.82, 2.24) is 0 Å². The third-order valence-corrected chi connectivity index (χ3v) is 7.58. The number of nitrogens with zero attached hydrogens (tertiary/aromatic N) is 1. The second-order valence-electron chi connectivity index (χ2n) is 9.76. The van der Waals surface area contributed by atoms with E-state index in [0.29, 0.717) is 6.04 Å². The van der Waals surface area contributed by atoms with Crippen molar-refractivity contribution in [3.05, 3.63) is 107 Å². The summed E-state index contributed by atoms with van der Waals surface area (Å²) in [5.41, 5.74) is 11.0. The van der Waals surface area contributed by atoms with Crippen LogP contribution in [0.1, 0.15) is 43.0 Å². The lowest BCUT2D eigenvalue weighted by Crippen LogP contribution is -2.39. The molecule has 0 spiro atoms. The Morgan fingerprint density at radius 2 is 1.50 bits per heavy atom. The quantitative estimate of drug-likeness (QED) is 0.425. The SMILES string of the molecule is Cc1ccc2c(c1)C(C)(C)c1cc(N3c4ccccc4C4(C)C=CC=CC34)ccc1-2. The van der Waals surface area contributed by atoms with Crippen molar-refractivity contribution < 1.29 is 0 Å². The van der Waals surface area contributed by atoms with Gasteiger partial charge in [-0.3, -0.25) is 0 Å². The molecule has 2 unspecified atom stereocenters. The van der Waals surface area contributed by atoms with Crippen LogP contribution in [0.2, 0.25) is 0 Å². The first-order chi connectivity index (χ1) is 14.4. The number of fused-ring (bicyclic) bond motifs is 6. The fourth-order valence-electron chi connectivity index (χ4n) is 5.90. The summed E-state index contributed by atoms with van der Waals surface area (Å²) in [4.78, 5) is 2.54. The van der Waals surface area contributed by atoms with Crippen molar-refractivity contribution in [2.75, 3.05) is 4.90 Å². The Balaban J connectivity index is 1.55. The van der Waals surface area contributed by atoms with Gasteiger partial charge in [0, 0.05) is 22.2 Å². The van der Waals surface area contributed by atoms with Gasteiger partial charge < -0.3 is 4.90 Å². The van der Waals surface area contributed by atoms with E-state index in [-0.39, 0.29) is 10.8 Å². The molecule has 0 saturated heterocycles. The third kappa shape index (κ3) is 2.13. The molecule has 0 fully saturated rings. The van der Waals surface area contributed by atoms with Gasteiger partial charge in [-0.2, -0.15) is 0 Å². The summed E-state index contributed by atoms with van der Waals surface area (Å²) >= 11 is 0. The molecule has 1 aliphatic heterocycles. The highest BCUT2D eigenvalue weighted by Gasteiger charge is 2.46. The summed E-state index contributed by atoms with van der Waals surface area (Å²) < 4.78 is 0. The molecule has 0 aromatic heterocycles. The molecule has 0 radical (unpaired) electrons. The van der Waals surface area contributed by atoms with Gasteiger partial charge in [0.1, 0.15) is 0 Å². The second kappa shape index (κ2) is 5.76. The summed E-state index contributed by atoms with van der Waals surface area (Å²) in [6.45, 7) is 9.29. The summed E-state index contributed by atoms with van der Waals surface area (Å²) in [6.07, 6.45) is 9.12. The molecule has 2 aliphatic carbocycles. The maximum Gasteiger partial charge on any atom is 0.0655 e. The standard InChI is InChI=1S/C29H27N/c1-19-12-14-21-22-15-13-20(18-25(22)28(2,3)24(21)17-19)30-26-10-6-5-9-23(26)29(4)16-8-7-11-27(29)30/h5-18,27H,1-4H3. The average molecular weight is 390 g/mol. The van der Waals surface area contributed by atoms with Crippen LogP contribution in [0.25, 0.3) is 11.1 Å². The molecule has 1 nitrogen and oxygen atoms in total. The molecule has 3 aliphatic rings. The Hall–Kier alpha value is -3.06. The summed E-state index contributed by atoms with van der Waals surface area (Å²) in [5, 5.41) is 0. The van der Waals surface area contributed by atoms with Crippen LogP contribution in [0.4, 0.5) is 11.4 Å². The zero-order valence-corrected chi connectivity index (χ0v) is 18.1. The lowest BCUT2D eigenvalue weighted by molar-refractivity contribution is 0.550. The minimum Gasteiger partial charge on any atom is -0.333 e. The van der Waals surface area contributed by atoms with Crippen LogP contribution in [0.3, 0.4) is 0 Å². The van der Waals surface area contributed by atoms with E-state index in [4.69, 9.17) is 0 Å². The monoisotopic (exact) mass is 389 g/mol. The third-order valence-electron chi connectivity index (χ3n) is 7.58. The number of rotatable bonds is 1. The Labute approximate surface area is 179 Å². The van der Waals surface area contributed by atoms with Crippen LogP contribution < -0.4 is 4.90 Å². The van der Waals surface area contributed by atoms with Gasteiger partial charge in [0.2, 0.25) is 0 Å². The van der Waals surface area contributed by atoms with Crippen LogP contribution in [0.15, 0.2) is 85.0 Å². The average Bonchev–Trinajstić information content (AvgIpc) is 3.14. The lowest BCUT2D eigenvalue weighted by atomic mass is 9.76. The smallest absolute Gasteiger partial charge is 0.0655 e. The normalized spacial score (nSPS) is 24.4. The first-order valence-corrected chi connectivity index (χ1v) is 10.9. The molecule has 148 valence electrons. The van der Waals surface area contributed by atoms with Crippen LogP contribution in [0, 0.1) is 6.92 Å². The van der Waals surface area contributed by atoms with Gasteiger partial charge >= 0.3 is 0 Å². The Kier molecular flexibility index (Phi) is 3.41. The number of aryl methyl sites for hydroxylation is 1. The van der Waals surface area contributed by atoms with E-state index in [1.54, 1.807) is 0 Å². The highest BCUT2D eigenvalue weighted by molar-refractivity contribution is 5.85. The van der Waals surface area contributed by atoms with Crippen molar-refractivity contribution >= 4 is 11.4 Å². The number of anilines is 2. The molecular weight excluding hydrogens is 362 g/mol. The Bertz CT molecular complexity index is 1260. The maximum absolute atomic E-state index is 2.54. The summed E-state index contributed by atoms with van der Waals surface area (Å²) in [7, 11) is 0. The van der Waals surface area contributed by atoms with E-state index < -0.39 is 0 Å². The van der Waals surface area contributed by atoms with E-state index in [9.17, 15) is 0 Å². The number of allylic oxidation sites excluding steroid dienone is 2. The fraction of sp³-hybridized carbons (Fsp3) is 0.241. The molecule has 1 heterocycles. The van der Waals surface area contributed by atoms with Crippen LogP contribution in [0.5, 0.6) is 0 Å². The van der Waals surface area contributed by atoms with Crippen LogP contribution in [-0.4, -0.2) is 6.04 Å². The molecule has 0 bridgehead atoms. The zero-order chi connectivity index (χ0) is 20.7. The highest BCUT2D eigenvalue weighted by atomic mass is 15.2. The topological polar surface area (TPSA) is 3.24 Å². The van der Waals surface area contributed by atoms with E-state index in [1.807, 2.05) is 0 Å². The number of hydrogen-bond acceptors (Lipinski definition) is 1. The first-order valence-electron chi connectivity index (χ1n) is 10.9. The van der Waals surface area contributed by atoms with Crippen molar-refractivity contribution in [3.63, 3.8) is 0 Å². The molecule has 6 rings (SSSR count). The molecule has 0 saturated carbocycles. The predicted molar refractivity (Wildman–Crippen MR) is 127 cm³/mol. The maximum atomic E-state index is 2.54. The van der Waals surface area contributed by atoms with Gasteiger partial charge in [-0.1, -0.05) is 86.2 Å². The fourth-order valence-corrected chi connectivity index (χ4v) is 5.90. The van der Waals surface area contributed by atoms with Crippen LogP contribution >= 0.6 is 0 Å². The lowest BCUT2D eigenvalue weighted by Gasteiger charge is -2.35. The Morgan fingerprint density at radius 1 is 0.767 bits per heavy atom. The molecule has 2 atom stereocenters. The van der Waals surface area contributed by atoms with Crippen LogP contribution in [-0.2, 0) is 10.8 Å². The van der Waals surface area contributed by atoms with Crippen molar-refractivity contribution in [1.29, 1.82) is 0 Å². The zero-order valence-electron chi connectivity index (χ0n) is 18.1. The molecule has 30 heavy (non-hydrogen) atoms. The predicted octanol–water partition coefficient (Wildman–Crippen LogP) is 7.21. The molecule has 0 amide bonds. The van der Waals surface area contributed by atoms with Gasteiger partial charge in [-0.25, -0.2) is 0 Å². The number of benzene rings is 3. The van der Waals surface area contributed by atoms with Gasteiger partial charge in [-0.15, -0.1) is 0 Å². The van der Waals surface area contributed by atoms with Gasteiger partial charge in [0.15, 0.2) is 0 Å². The number of hydrogen-bond donors (Lipinski definition) is 0. The molecule has 3 aromatic rings. The minimum atomic E-state index is -0.0000490. The van der Waals surface area contributed by atoms with Crippen molar-refractivity contribution in [2.45, 2.75) is 44.6 Å². The minimum absolute atomic E-state index is 0.0000490. The summed E-state index contributed by atoms with van der Waals surface area (Å²) in [5.74, 6) is 0.